The van der Waals surface area contributed by atoms with Gasteiger partial charge in [0, 0.05) is 22.4 Å². The number of aliphatic carboxylic acids is 1. The molecular weight excluding hydrogens is 251 g/mol. The number of hydrogen-bond acceptors (Lipinski definition) is 2. The molecule has 1 aliphatic heterocycles. The van der Waals surface area contributed by atoms with E-state index in [-0.39, 0.29) is 17.8 Å². The van der Waals surface area contributed by atoms with Gasteiger partial charge in [0.2, 0.25) is 0 Å². The van der Waals surface area contributed by atoms with Gasteiger partial charge in [-0.3, -0.25) is 4.79 Å². The molecule has 3 nitrogen and oxygen atoms in total. The highest BCUT2D eigenvalue weighted by Crippen LogP contribution is 2.61. The van der Waals surface area contributed by atoms with E-state index in [0.717, 1.165) is 5.56 Å². The number of hydrogen-bond donors (Lipinski definition) is 1. The summed E-state index contributed by atoms with van der Waals surface area (Å²) in [5.74, 6) is -0.604. The Kier molecular flexibility index (Phi) is 2.10. The van der Waals surface area contributed by atoms with Crippen molar-refractivity contribution in [2.45, 2.75) is 5.92 Å². The lowest BCUT2D eigenvalue weighted by atomic mass is 10.1. The molecule has 1 unspecified atom stereocenters. The molecule has 0 amide bonds. The summed E-state index contributed by atoms with van der Waals surface area (Å²) < 4.78 is 5.49. The summed E-state index contributed by atoms with van der Waals surface area (Å²) >= 11 is 12.1. The van der Waals surface area contributed by atoms with Gasteiger partial charge in [0.25, 0.3) is 0 Å². The molecule has 5 heteroatoms. The number of carbonyl (C=O) groups is 1. The van der Waals surface area contributed by atoms with Crippen molar-refractivity contribution in [3.05, 3.63) is 27.7 Å². The van der Waals surface area contributed by atoms with Crippen molar-refractivity contribution in [3.63, 3.8) is 0 Å². The molecule has 0 radical (unpaired) electrons. The van der Waals surface area contributed by atoms with E-state index in [1.54, 1.807) is 12.1 Å². The summed E-state index contributed by atoms with van der Waals surface area (Å²) in [6.07, 6.45) is 0. The van der Waals surface area contributed by atoms with E-state index in [0.29, 0.717) is 22.4 Å². The van der Waals surface area contributed by atoms with E-state index in [9.17, 15) is 4.79 Å². The predicted molar refractivity (Wildman–Crippen MR) is 59.3 cm³/mol. The molecule has 1 heterocycles. The Bertz CT molecular complexity index is 486. The van der Waals surface area contributed by atoms with E-state index in [1.807, 2.05) is 0 Å². The summed E-state index contributed by atoms with van der Waals surface area (Å²) in [6.45, 7) is 0.411. The number of carboxylic acid groups (broad SMARTS) is 1. The molecule has 0 bridgehead atoms. The summed E-state index contributed by atoms with van der Waals surface area (Å²) in [5, 5.41) is 10.1. The van der Waals surface area contributed by atoms with Crippen LogP contribution in [0.25, 0.3) is 0 Å². The molecule has 0 aromatic heterocycles. The lowest BCUT2D eigenvalue weighted by Crippen LogP contribution is -2.09. The largest absolute Gasteiger partial charge is 0.491 e. The normalized spacial score (nSPS) is 30.0. The first-order chi connectivity index (χ1) is 7.61. The molecule has 1 N–H and O–H groups in total. The second-order valence-corrected chi connectivity index (χ2v) is 4.95. The molecule has 1 aromatic rings. The van der Waals surface area contributed by atoms with Crippen molar-refractivity contribution in [1.82, 2.24) is 0 Å². The van der Waals surface area contributed by atoms with E-state index in [2.05, 4.69) is 0 Å². The van der Waals surface area contributed by atoms with Crippen molar-refractivity contribution in [1.29, 1.82) is 0 Å². The smallest absolute Gasteiger partial charge is 0.307 e. The van der Waals surface area contributed by atoms with Gasteiger partial charge in [0.05, 0.1) is 17.5 Å². The molecule has 0 spiro atoms. The molecule has 1 aliphatic carbocycles. The Morgan fingerprint density at radius 2 is 2.06 bits per heavy atom. The lowest BCUT2D eigenvalue weighted by molar-refractivity contribution is -0.139. The Morgan fingerprint density at radius 3 is 2.75 bits per heavy atom. The van der Waals surface area contributed by atoms with Gasteiger partial charge in [-0.25, -0.2) is 0 Å². The van der Waals surface area contributed by atoms with Crippen molar-refractivity contribution in [2.75, 3.05) is 6.61 Å². The minimum absolute atomic E-state index is 0.0348. The van der Waals surface area contributed by atoms with Crippen LogP contribution in [0, 0.1) is 11.8 Å². The first-order valence-electron chi connectivity index (χ1n) is 4.94. The van der Waals surface area contributed by atoms with Crippen LogP contribution in [0.5, 0.6) is 5.75 Å². The van der Waals surface area contributed by atoms with Gasteiger partial charge in [-0.2, -0.15) is 0 Å². The van der Waals surface area contributed by atoms with Crippen LogP contribution in [0.4, 0.5) is 0 Å². The minimum Gasteiger partial charge on any atom is -0.491 e. The summed E-state index contributed by atoms with van der Waals surface area (Å²) in [4.78, 5) is 11.0. The zero-order valence-corrected chi connectivity index (χ0v) is 9.63. The van der Waals surface area contributed by atoms with E-state index in [4.69, 9.17) is 33.0 Å². The standard InChI is InChI=1S/C11H8Cl2O3/c12-5-1-2-6(13)10-9(5)7-4(3-16-10)8(7)11(14)15/h1-2,4,7-8H,3H2,(H,14,15)/t4-,7+,8?/m1/s1. The number of ether oxygens (including phenoxy) is 1. The predicted octanol–water partition coefficient (Wildman–Crippen LogP) is 2.80. The number of fused-ring (bicyclic) bond motifs is 3. The van der Waals surface area contributed by atoms with Crippen molar-refractivity contribution in [3.8, 4) is 5.75 Å². The van der Waals surface area contributed by atoms with Gasteiger partial charge < -0.3 is 9.84 Å². The average molecular weight is 259 g/mol. The summed E-state index contributed by atoms with van der Waals surface area (Å²) in [5.41, 5.74) is 0.762. The fourth-order valence-electron chi connectivity index (χ4n) is 2.50. The third-order valence-corrected chi connectivity index (χ3v) is 3.93. The van der Waals surface area contributed by atoms with Crippen LogP contribution in [0.15, 0.2) is 12.1 Å². The maximum Gasteiger partial charge on any atom is 0.307 e. The third-order valence-electron chi connectivity index (χ3n) is 3.30. The molecule has 1 saturated carbocycles. The van der Waals surface area contributed by atoms with Crippen molar-refractivity contribution >= 4 is 29.2 Å². The van der Waals surface area contributed by atoms with Gasteiger partial charge in [0.1, 0.15) is 5.75 Å². The third kappa shape index (κ3) is 1.25. The second kappa shape index (κ2) is 3.28. The van der Waals surface area contributed by atoms with Crippen LogP contribution >= 0.6 is 23.2 Å². The summed E-state index contributed by atoms with van der Waals surface area (Å²) in [7, 11) is 0. The quantitative estimate of drug-likeness (QED) is 0.843. The number of carboxylic acids is 1. The molecule has 1 aromatic carbocycles. The first kappa shape index (κ1) is 10.2. The highest BCUT2D eigenvalue weighted by Gasteiger charge is 2.60. The Labute approximate surface area is 102 Å². The van der Waals surface area contributed by atoms with Gasteiger partial charge in [0.15, 0.2) is 0 Å². The maximum atomic E-state index is 11.0. The van der Waals surface area contributed by atoms with Crippen LogP contribution in [0.2, 0.25) is 10.0 Å². The van der Waals surface area contributed by atoms with E-state index >= 15 is 0 Å². The number of halogens is 2. The van der Waals surface area contributed by atoms with Gasteiger partial charge in [-0.1, -0.05) is 23.2 Å². The lowest BCUT2D eigenvalue weighted by Gasteiger charge is -2.18. The van der Waals surface area contributed by atoms with Gasteiger partial charge in [-0.05, 0) is 12.1 Å². The van der Waals surface area contributed by atoms with Crippen LogP contribution in [0.1, 0.15) is 11.5 Å². The molecule has 0 saturated heterocycles. The van der Waals surface area contributed by atoms with E-state index in [1.165, 1.54) is 0 Å². The molecular formula is C11H8Cl2O3. The molecule has 3 rings (SSSR count). The van der Waals surface area contributed by atoms with Crippen molar-refractivity contribution < 1.29 is 14.6 Å². The van der Waals surface area contributed by atoms with Crippen LogP contribution < -0.4 is 4.74 Å². The Hall–Kier alpha value is -0.930. The fourth-order valence-corrected chi connectivity index (χ4v) is 2.99. The highest BCUT2D eigenvalue weighted by molar-refractivity contribution is 6.35. The monoisotopic (exact) mass is 258 g/mol. The van der Waals surface area contributed by atoms with Crippen LogP contribution in [-0.2, 0) is 4.79 Å². The van der Waals surface area contributed by atoms with Gasteiger partial charge in [-0.15, -0.1) is 0 Å². The topological polar surface area (TPSA) is 46.5 Å². The Morgan fingerprint density at radius 1 is 1.38 bits per heavy atom. The fraction of sp³-hybridized carbons (Fsp3) is 0.364. The molecule has 16 heavy (non-hydrogen) atoms. The highest BCUT2D eigenvalue weighted by atomic mass is 35.5. The zero-order chi connectivity index (χ0) is 11.4. The molecule has 3 atom stereocenters. The number of rotatable bonds is 1. The van der Waals surface area contributed by atoms with Crippen LogP contribution in [-0.4, -0.2) is 17.7 Å². The van der Waals surface area contributed by atoms with E-state index < -0.39 is 5.97 Å². The SMILES string of the molecule is O=C(O)C1[C@H]2c3c(Cl)ccc(Cl)c3OC[C@@H]12. The van der Waals surface area contributed by atoms with Crippen molar-refractivity contribution in [2.24, 2.45) is 11.8 Å². The number of benzene rings is 1. The molecule has 2 aliphatic rings. The zero-order valence-electron chi connectivity index (χ0n) is 8.11. The minimum atomic E-state index is -0.789. The Balaban J connectivity index is 2.10. The van der Waals surface area contributed by atoms with Gasteiger partial charge >= 0.3 is 5.97 Å². The average Bonchev–Trinajstić information content (AvgIpc) is 2.97. The second-order valence-electron chi connectivity index (χ2n) is 4.14. The first-order valence-corrected chi connectivity index (χ1v) is 5.70. The van der Waals surface area contributed by atoms with Crippen LogP contribution in [0.3, 0.4) is 0 Å². The molecule has 1 fully saturated rings. The molecule has 84 valence electrons. The maximum absolute atomic E-state index is 11.0. The summed E-state index contributed by atoms with van der Waals surface area (Å²) in [6, 6.07) is 3.35.